The van der Waals surface area contributed by atoms with E-state index in [-0.39, 0.29) is 24.0 Å². The Morgan fingerprint density at radius 1 is 0.935 bits per heavy atom. The number of anilines is 1. The molecule has 0 saturated heterocycles. The lowest BCUT2D eigenvalue weighted by atomic mass is 9.60. The van der Waals surface area contributed by atoms with Crippen LogP contribution in [0.15, 0.2) is 90.5 Å². The number of hydrogen-bond acceptors (Lipinski definition) is 2. The summed E-state index contributed by atoms with van der Waals surface area (Å²) in [6, 6.07) is 25.5. The largest absolute Gasteiger partial charge is 0.307 e. The third-order valence-electron chi connectivity index (χ3n) is 6.59. The van der Waals surface area contributed by atoms with Gasteiger partial charge in [0.2, 0.25) is 5.91 Å². The SMILES string of the molecule is CC1=CC(=O)C[C@H](c2ccc(Cl)cc2)[C@]12C(=O)N(Cc1ccccc1)c1ccccc12. The Kier molecular flexibility index (Phi) is 4.79. The third kappa shape index (κ3) is 3.03. The molecule has 2 aliphatic rings. The van der Waals surface area contributed by atoms with Crippen molar-refractivity contribution in [3.63, 3.8) is 0 Å². The summed E-state index contributed by atoms with van der Waals surface area (Å²) in [4.78, 5) is 28.8. The summed E-state index contributed by atoms with van der Waals surface area (Å²) in [6.45, 7) is 2.41. The van der Waals surface area contributed by atoms with Crippen molar-refractivity contribution in [3.8, 4) is 0 Å². The first-order valence-corrected chi connectivity index (χ1v) is 10.8. The molecule has 1 aliphatic carbocycles. The highest BCUT2D eigenvalue weighted by Gasteiger charge is 2.58. The lowest BCUT2D eigenvalue weighted by Gasteiger charge is -2.40. The average molecular weight is 428 g/mol. The van der Waals surface area contributed by atoms with E-state index in [0.717, 1.165) is 28.0 Å². The number of amides is 1. The number of nitrogens with zero attached hydrogens (tertiary/aromatic N) is 1. The van der Waals surface area contributed by atoms with E-state index >= 15 is 0 Å². The molecule has 0 radical (unpaired) electrons. The standard InChI is InChI=1S/C27H22ClNO2/c1-18-15-22(30)16-24(20-11-13-21(28)14-12-20)27(18)23-9-5-6-10-25(23)29(26(27)31)17-19-7-3-2-4-8-19/h2-15,24H,16-17H2,1H3/t24-,27+/m1/s1. The first-order valence-electron chi connectivity index (χ1n) is 10.4. The Morgan fingerprint density at radius 3 is 2.35 bits per heavy atom. The molecule has 154 valence electrons. The predicted octanol–water partition coefficient (Wildman–Crippen LogP) is 5.83. The summed E-state index contributed by atoms with van der Waals surface area (Å²) >= 11 is 6.13. The Morgan fingerprint density at radius 2 is 1.61 bits per heavy atom. The van der Waals surface area contributed by atoms with Crippen molar-refractivity contribution in [2.45, 2.75) is 31.2 Å². The second-order valence-electron chi connectivity index (χ2n) is 8.30. The predicted molar refractivity (Wildman–Crippen MR) is 123 cm³/mol. The van der Waals surface area contributed by atoms with Gasteiger partial charge in [-0.15, -0.1) is 0 Å². The molecule has 3 aromatic carbocycles. The Balaban J connectivity index is 1.71. The number of halogens is 1. The number of benzene rings is 3. The second kappa shape index (κ2) is 7.51. The summed E-state index contributed by atoms with van der Waals surface area (Å²) in [6.07, 6.45) is 1.95. The van der Waals surface area contributed by atoms with Crippen LogP contribution in [-0.4, -0.2) is 11.7 Å². The van der Waals surface area contributed by atoms with E-state index in [4.69, 9.17) is 11.6 Å². The molecule has 1 heterocycles. The molecule has 3 aromatic rings. The molecule has 0 unspecified atom stereocenters. The minimum atomic E-state index is -0.896. The van der Waals surface area contributed by atoms with E-state index in [2.05, 4.69) is 0 Å². The van der Waals surface area contributed by atoms with Crippen molar-refractivity contribution >= 4 is 29.0 Å². The number of rotatable bonds is 3. The van der Waals surface area contributed by atoms with Crippen molar-refractivity contribution in [2.75, 3.05) is 4.90 Å². The van der Waals surface area contributed by atoms with Crippen molar-refractivity contribution < 1.29 is 9.59 Å². The van der Waals surface area contributed by atoms with Gasteiger partial charge in [-0.1, -0.05) is 72.3 Å². The van der Waals surface area contributed by atoms with Gasteiger partial charge in [-0.05, 0) is 53.5 Å². The highest BCUT2D eigenvalue weighted by Crippen LogP contribution is 2.57. The summed E-state index contributed by atoms with van der Waals surface area (Å²) in [5, 5.41) is 0.635. The maximum Gasteiger partial charge on any atom is 0.242 e. The molecule has 3 nitrogen and oxygen atoms in total. The van der Waals surface area contributed by atoms with Crippen molar-refractivity contribution in [1.29, 1.82) is 0 Å². The first kappa shape index (κ1) is 19.8. The molecule has 1 aliphatic heterocycles. The van der Waals surface area contributed by atoms with E-state index in [1.807, 2.05) is 90.7 Å². The topological polar surface area (TPSA) is 37.4 Å². The molecule has 0 saturated carbocycles. The Labute approximate surface area is 187 Å². The number of carbonyl (C=O) groups is 2. The van der Waals surface area contributed by atoms with Crippen LogP contribution in [0.2, 0.25) is 5.02 Å². The Bertz CT molecular complexity index is 1200. The van der Waals surface area contributed by atoms with E-state index in [1.54, 1.807) is 6.08 Å². The molecule has 0 bridgehead atoms. The van der Waals surface area contributed by atoms with Crippen LogP contribution in [0.4, 0.5) is 5.69 Å². The number of fused-ring (bicyclic) bond motifs is 2. The zero-order chi connectivity index (χ0) is 21.6. The minimum absolute atomic E-state index is 0.0266. The number of allylic oxidation sites excluding steroid dienone is 1. The molecular formula is C27H22ClNO2. The quantitative estimate of drug-likeness (QED) is 0.527. The number of ketones is 1. The summed E-state index contributed by atoms with van der Waals surface area (Å²) in [5.41, 5.74) is 3.81. The van der Waals surface area contributed by atoms with Gasteiger partial charge in [0.05, 0.1) is 6.54 Å². The van der Waals surface area contributed by atoms with Crippen LogP contribution in [0.25, 0.3) is 0 Å². The smallest absolute Gasteiger partial charge is 0.242 e. The van der Waals surface area contributed by atoms with E-state index in [0.29, 0.717) is 11.6 Å². The van der Waals surface area contributed by atoms with Crippen LogP contribution in [0.5, 0.6) is 0 Å². The van der Waals surface area contributed by atoms with E-state index < -0.39 is 5.41 Å². The number of para-hydroxylation sites is 1. The molecule has 0 aromatic heterocycles. The number of carbonyl (C=O) groups excluding carboxylic acids is 2. The summed E-state index contributed by atoms with van der Waals surface area (Å²) < 4.78 is 0. The van der Waals surface area contributed by atoms with Gasteiger partial charge in [0, 0.05) is 23.0 Å². The molecule has 31 heavy (non-hydrogen) atoms. The Hall–Kier alpha value is -3.17. The van der Waals surface area contributed by atoms with Crippen LogP contribution >= 0.6 is 11.6 Å². The van der Waals surface area contributed by atoms with Crippen LogP contribution in [0, 0.1) is 0 Å². The molecular weight excluding hydrogens is 406 g/mol. The fraction of sp³-hybridized carbons (Fsp3) is 0.185. The van der Waals surface area contributed by atoms with E-state index in [9.17, 15) is 9.59 Å². The first-order chi connectivity index (χ1) is 15.0. The van der Waals surface area contributed by atoms with Crippen LogP contribution < -0.4 is 4.90 Å². The second-order valence-corrected chi connectivity index (χ2v) is 8.74. The monoisotopic (exact) mass is 427 g/mol. The van der Waals surface area contributed by atoms with Gasteiger partial charge in [-0.3, -0.25) is 9.59 Å². The van der Waals surface area contributed by atoms with E-state index in [1.165, 1.54) is 0 Å². The third-order valence-corrected chi connectivity index (χ3v) is 6.84. The highest BCUT2D eigenvalue weighted by molar-refractivity contribution is 6.30. The van der Waals surface area contributed by atoms with Gasteiger partial charge in [-0.25, -0.2) is 0 Å². The summed E-state index contributed by atoms with van der Waals surface area (Å²) in [7, 11) is 0. The molecule has 2 atom stereocenters. The fourth-order valence-corrected chi connectivity index (χ4v) is 5.35. The average Bonchev–Trinajstić information content (AvgIpc) is 3.01. The number of hydrogen-bond donors (Lipinski definition) is 0. The molecule has 4 heteroatoms. The molecule has 0 N–H and O–H groups in total. The zero-order valence-electron chi connectivity index (χ0n) is 17.2. The van der Waals surface area contributed by atoms with Crippen LogP contribution in [-0.2, 0) is 21.5 Å². The zero-order valence-corrected chi connectivity index (χ0v) is 18.0. The molecule has 5 rings (SSSR count). The lowest BCUT2D eigenvalue weighted by Crippen LogP contribution is -2.47. The summed E-state index contributed by atoms with van der Waals surface area (Å²) in [5.74, 6) is -0.203. The highest BCUT2D eigenvalue weighted by atomic mass is 35.5. The normalized spacial score (nSPS) is 22.6. The van der Waals surface area contributed by atoms with Gasteiger partial charge in [-0.2, -0.15) is 0 Å². The van der Waals surface area contributed by atoms with Crippen LogP contribution in [0.3, 0.4) is 0 Å². The van der Waals surface area contributed by atoms with Crippen LogP contribution in [0.1, 0.15) is 36.0 Å². The maximum atomic E-state index is 14.3. The molecule has 1 spiro atoms. The van der Waals surface area contributed by atoms with Gasteiger partial charge < -0.3 is 4.90 Å². The lowest BCUT2D eigenvalue weighted by molar-refractivity contribution is -0.124. The van der Waals surface area contributed by atoms with Gasteiger partial charge in [0.15, 0.2) is 5.78 Å². The molecule has 1 amide bonds. The van der Waals surface area contributed by atoms with Crippen molar-refractivity contribution in [3.05, 3.63) is 112 Å². The molecule has 0 fully saturated rings. The fourth-order valence-electron chi connectivity index (χ4n) is 5.23. The van der Waals surface area contributed by atoms with Crippen molar-refractivity contribution in [2.24, 2.45) is 0 Å². The maximum absolute atomic E-state index is 14.3. The van der Waals surface area contributed by atoms with Crippen molar-refractivity contribution in [1.82, 2.24) is 0 Å². The van der Waals surface area contributed by atoms with Gasteiger partial charge in [0.25, 0.3) is 0 Å². The minimum Gasteiger partial charge on any atom is -0.307 e. The van der Waals surface area contributed by atoms with Gasteiger partial charge >= 0.3 is 0 Å². The van der Waals surface area contributed by atoms with Gasteiger partial charge in [0.1, 0.15) is 5.41 Å².